The Balaban J connectivity index is 1.84. The maximum Gasteiger partial charge on any atom is 0.410 e. The fraction of sp³-hybridized carbons (Fsp3) is 0.938. The zero-order valence-corrected chi connectivity index (χ0v) is 14.4. The van der Waals surface area contributed by atoms with Crippen molar-refractivity contribution in [3.63, 3.8) is 0 Å². The summed E-state index contributed by atoms with van der Waals surface area (Å²) in [5, 5.41) is 0. The van der Waals surface area contributed by atoms with E-state index >= 15 is 0 Å². The number of hydrogen-bond donors (Lipinski definition) is 1. The molecule has 0 aliphatic carbocycles. The Bertz CT molecular complexity index is 383. The van der Waals surface area contributed by atoms with E-state index in [2.05, 4.69) is 11.9 Å². The molecule has 0 aromatic heterocycles. The largest absolute Gasteiger partial charge is 0.444 e. The molecule has 0 saturated carbocycles. The predicted octanol–water partition coefficient (Wildman–Crippen LogP) is 1.43. The van der Waals surface area contributed by atoms with Crippen LogP contribution in [0.15, 0.2) is 0 Å². The molecule has 2 saturated heterocycles. The number of rotatable bonds is 2. The average molecular weight is 313 g/mol. The topological polar surface area (TPSA) is 68.0 Å². The zero-order chi connectivity index (χ0) is 16.3. The normalized spacial score (nSPS) is 31.1. The molecule has 2 heterocycles. The highest BCUT2D eigenvalue weighted by Gasteiger charge is 2.32. The second-order valence-electron chi connectivity index (χ2n) is 7.58. The zero-order valence-electron chi connectivity index (χ0n) is 14.4. The van der Waals surface area contributed by atoms with E-state index in [1.54, 1.807) is 4.90 Å². The first-order valence-electron chi connectivity index (χ1n) is 8.32. The highest BCUT2D eigenvalue weighted by molar-refractivity contribution is 5.68. The molecule has 2 rings (SSSR count). The van der Waals surface area contributed by atoms with Gasteiger partial charge in [0.1, 0.15) is 5.60 Å². The van der Waals surface area contributed by atoms with Gasteiger partial charge in [0.15, 0.2) is 0 Å². The second kappa shape index (κ2) is 7.15. The monoisotopic (exact) mass is 313 g/mol. The Morgan fingerprint density at radius 2 is 1.91 bits per heavy atom. The molecule has 128 valence electrons. The van der Waals surface area contributed by atoms with Crippen LogP contribution in [0, 0.1) is 0 Å². The summed E-state index contributed by atoms with van der Waals surface area (Å²) < 4.78 is 11.7. The van der Waals surface area contributed by atoms with Crippen molar-refractivity contribution in [3.05, 3.63) is 0 Å². The Morgan fingerprint density at radius 1 is 1.18 bits per heavy atom. The van der Waals surface area contributed by atoms with E-state index in [1.807, 2.05) is 20.8 Å². The van der Waals surface area contributed by atoms with Crippen LogP contribution in [0.3, 0.4) is 0 Å². The van der Waals surface area contributed by atoms with E-state index < -0.39 is 5.60 Å². The van der Waals surface area contributed by atoms with Gasteiger partial charge in [-0.05, 0) is 47.1 Å². The van der Waals surface area contributed by atoms with E-state index in [0.29, 0.717) is 6.54 Å². The number of nitrogens with two attached hydrogens (primary N) is 1. The summed E-state index contributed by atoms with van der Waals surface area (Å²) in [4.78, 5) is 16.2. The molecule has 2 unspecified atom stereocenters. The summed E-state index contributed by atoms with van der Waals surface area (Å²) in [6.07, 6.45) is 2.82. The number of nitrogens with zero attached hydrogens (tertiary/aromatic N) is 2. The molecule has 0 aromatic carbocycles. The standard InChI is InChI=1S/C16H31N3O3/c1-16(2,3)22-15(20)19-8-5-6-12(10-19)21-14-7-9-18(4)11-13(14)17/h12-14H,5-11,17H2,1-4H3/t12-,13?,14?/m1/s1. The van der Waals surface area contributed by atoms with Gasteiger partial charge < -0.3 is 25.0 Å². The van der Waals surface area contributed by atoms with Crippen LogP contribution >= 0.6 is 0 Å². The molecule has 0 spiro atoms. The highest BCUT2D eigenvalue weighted by Crippen LogP contribution is 2.21. The molecule has 0 bridgehead atoms. The van der Waals surface area contributed by atoms with Gasteiger partial charge in [0.2, 0.25) is 0 Å². The molecular formula is C16H31N3O3. The smallest absolute Gasteiger partial charge is 0.410 e. The van der Waals surface area contributed by atoms with E-state index in [1.165, 1.54) is 0 Å². The van der Waals surface area contributed by atoms with Crippen LogP contribution in [-0.4, -0.2) is 73.0 Å². The van der Waals surface area contributed by atoms with Crippen LogP contribution in [0.4, 0.5) is 4.79 Å². The number of carbonyl (C=O) groups excluding carboxylic acids is 1. The van der Waals surface area contributed by atoms with Gasteiger partial charge in [-0.25, -0.2) is 4.79 Å². The van der Waals surface area contributed by atoms with Gasteiger partial charge >= 0.3 is 6.09 Å². The van der Waals surface area contributed by atoms with Crippen LogP contribution < -0.4 is 5.73 Å². The molecule has 2 aliphatic heterocycles. The van der Waals surface area contributed by atoms with Crippen molar-refractivity contribution in [1.82, 2.24) is 9.80 Å². The van der Waals surface area contributed by atoms with E-state index in [-0.39, 0.29) is 24.3 Å². The van der Waals surface area contributed by atoms with Crippen LogP contribution in [0.1, 0.15) is 40.0 Å². The Morgan fingerprint density at radius 3 is 2.55 bits per heavy atom. The lowest BCUT2D eigenvalue weighted by atomic mass is 10.0. The van der Waals surface area contributed by atoms with Gasteiger partial charge in [-0.15, -0.1) is 0 Å². The molecule has 2 N–H and O–H groups in total. The molecule has 3 atom stereocenters. The lowest BCUT2D eigenvalue weighted by Gasteiger charge is -2.39. The molecule has 1 amide bonds. The third-order valence-electron chi connectivity index (χ3n) is 4.19. The van der Waals surface area contributed by atoms with Crippen molar-refractivity contribution in [1.29, 1.82) is 0 Å². The van der Waals surface area contributed by atoms with Gasteiger partial charge in [0.05, 0.1) is 18.8 Å². The van der Waals surface area contributed by atoms with Gasteiger partial charge in [-0.2, -0.15) is 0 Å². The van der Waals surface area contributed by atoms with Crippen molar-refractivity contribution < 1.29 is 14.3 Å². The maximum atomic E-state index is 12.2. The number of ether oxygens (including phenoxy) is 2. The Hall–Kier alpha value is -0.850. The summed E-state index contributed by atoms with van der Waals surface area (Å²) in [5.74, 6) is 0. The van der Waals surface area contributed by atoms with Crippen LogP contribution in [0.2, 0.25) is 0 Å². The first kappa shape index (κ1) is 17.5. The van der Waals surface area contributed by atoms with Crippen LogP contribution in [0.25, 0.3) is 0 Å². The van der Waals surface area contributed by atoms with Gasteiger partial charge in [0.25, 0.3) is 0 Å². The average Bonchev–Trinajstić information content (AvgIpc) is 2.40. The molecule has 22 heavy (non-hydrogen) atoms. The summed E-state index contributed by atoms with van der Waals surface area (Å²) >= 11 is 0. The van der Waals surface area contributed by atoms with Gasteiger partial charge in [-0.1, -0.05) is 0 Å². The fourth-order valence-corrected chi connectivity index (χ4v) is 3.09. The van der Waals surface area contributed by atoms with Crippen LogP contribution in [0.5, 0.6) is 0 Å². The highest BCUT2D eigenvalue weighted by atomic mass is 16.6. The summed E-state index contributed by atoms with van der Waals surface area (Å²) in [6.45, 7) is 8.90. The minimum atomic E-state index is -0.457. The summed E-state index contributed by atoms with van der Waals surface area (Å²) in [7, 11) is 2.08. The number of hydrogen-bond acceptors (Lipinski definition) is 5. The number of likely N-dealkylation sites (tertiary alicyclic amines) is 2. The maximum absolute atomic E-state index is 12.2. The van der Waals surface area contributed by atoms with Gasteiger partial charge in [0, 0.05) is 25.7 Å². The van der Waals surface area contributed by atoms with E-state index in [9.17, 15) is 4.79 Å². The van der Waals surface area contributed by atoms with Crippen molar-refractivity contribution >= 4 is 6.09 Å². The van der Waals surface area contributed by atoms with Gasteiger partial charge in [-0.3, -0.25) is 0 Å². The number of likely N-dealkylation sites (N-methyl/N-ethyl adjacent to an activating group) is 1. The molecule has 2 aliphatic rings. The van der Waals surface area contributed by atoms with Crippen molar-refractivity contribution in [2.24, 2.45) is 5.73 Å². The quantitative estimate of drug-likeness (QED) is 0.835. The number of amides is 1. The SMILES string of the molecule is CN1CCC(O[C@@H]2CCCN(C(=O)OC(C)(C)C)C2)C(N)C1. The van der Waals surface area contributed by atoms with Crippen molar-refractivity contribution in [3.8, 4) is 0 Å². The van der Waals surface area contributed by atoms with E-state index in [0.717, 1.165) is 38.9 Å². The number of carbonyl (C=O) groups is 1. The Labute approximate surface area is 133 Å². The lowest BCUT2D eigenvalue weighted by molar-refractivity contribution is -0.0769. The fourth-order valence-electron chi connectivity index (χ4n) is 3.09. The summed E-state index contributed by atoms with van der Waals surface area (Å²) in [5.41, 5.74) is 5.74. The first-order chi connectivity index (χ1) is 10.2. The van der Waals surface area contributed by atoms with Crippen molar-refractivity contribution in [2.45, 2.75) is 63.9 Å². The number of piperidine rings is 2. The molecular weight excluding hydrogens is 282 g/mol. The Kier molecular flexibility index (Phi) is 5.69. The summed E-state index contributed by atoms with van der Waals surface area (Å²) in [6, 6.07) is 0.0515. The minimum absolute atomic E-state index is 0.0515. The minimum Gasteiger partial charge on any atom is -0.444 e. The molecule has 0 radical (unpaired) electrons. The molecule has 6 nitrogen and oxygen atoms in total. The first-order valence-corrected chi connectivity index (χ1v) is 8.32. The third-order valence-corrected chi connectivity index (χ3v) is 4.19. The van der Waals surface area contributed by atoms with E-state index in [4.69, 9.17) is 15.2 Å². The molecule has 6 heteroatoms. The van der Waals surface area contributed by atoms with Crippen LogP contribution in [-0.2, 0) is 9.47 Å². The van der Waals surface area contributed by atoms with Crippen molar-refractivity contribution in [2.75, 3.05) is 33.2 Å². The third kappa shape index (κ3) is 5.11. The predicted molar refractivity (Wildman–Crippen MR) is 85.8 cm³/mol. The molecule has 0 aromatic rings. The second-order valence-corrected chi connectivity index (χ2v) is 7.58. The lowest BCUT2D eigenvalue weighted by Crippen LogP contribution is -2.54. The molecule has 2 fully saturated rings.